The highest BCUT2D eigenvalue weighted by Crippen LogP contribution is 2.30. The molecule has 2 heterocycles. The molecule has 0 fully saturated rings. The lowest BCUT2D eigenvalue weighted by Gasteiger charge is -2.10. The Kier molecular flexibility index (Phi) is 6.56. The predicted molar refractivity (Wildman–Crippen MR) is 124 cm³/mol. The molecule has 1 N–H and O–H groups in total. The highest BCUT2D eigenvalue weighted by atomic mass is 35.5. The Balaban J connectivity index is 1.53. The number of ether oxygens (including phenoxy) is 1. The topological polar surface area (TPSA) is 68.1 Å². The smallest absolute Gasteiger partial charge is 0.255 e. The zero-order valence-corrected chi connectivity index (χ0v) is 18.3. The molecule has 0 saturated heterocycles. The van der Waals surface area contributed by atoms with Crippen LogP contribution in [0.25, 0.3) is 23.3 Å². The number of nitrogens with one attached hydrogen (secondary N) is 1. The Hall–Kier alpha value is -2.86. The number of pyridine rings is 1. The molecule has 0 atom stereocenters. The van der Waals surface area contributed by atoms with Crippen LogP contribution in [-0.2, 0) is 24.4 Å². The lowest BCUT2D eigenvalue weighted by molar-refractivity contribution is 0.104. The van der Waals surface area contributed by atoms with Crippen molar-refractivity contribution in [3.8, 4) is 0 Å². The Bertz CT molecular complexity index is 1250. The Labute approximate surface area is 189 Å². The fourth-order valence-electron chi connectivity index (χ4n) is 3.24. The van der Waals surface area contributed by atoms with E-state index in [0.717, 1.165) is 23.2 Å². The van der Waals surface area contributed by atoms with Crippen molar-refractivity contribution >= 4 is 46.5 Å². The van der Waals surface area contributed by atoms with E-state index in [2.05, 4.69) is 9.97 Å². The molecule has 7 heteroatoms. The zero-order valence-electron chi connectivity index (χ0n) is 16.8. The van der Waals surface area contributed by atoms with E-state index in [-0.39, 0.29) is 5.56 Å². The third-order valence-electron chi connectivity index (χ3n) is 4.85. The van der Waals surface area contributed by atoms with Crippen LogP contribution in [-0.4, -0.2) is 9.97 Å². The van der Waals surface area contributed by atoms with Crippen LogP contribution in [0.5, 0.6) is 0 Å². The van der Waals surface area contributed by atoms with E-state index in [1.807, 2.05) is 43.3 Å². The highest BCUT2D eigenvalue weighted by molar-refractivity contribution is 6.39. The number of hydrogen-bond acceptors (Lipinski definition) is 4. The Morgan fingerprint density at radius 2 is 1.84 bits per heavy atom. The van der Waals surface area contributed by atoms with Crippen LogP contribution in [0, 0.1) is 0 Å². The standard InChI is InChI=1S/C24H20Cl2N2O3/c1-2-16-12-17(8-11-21-28-22-18(25)9-10-19(26)23(22)31-21)24(29)27-20(16)14-30-13-15-6-4-3-5-7-15/h3-12H,2,13-14H2,1H3,(H,27,29)/b11-8+. The van der Waals surface area contributed by atoms with Crippen molar-refractivity contribution in [1.29, 1.82) is 0 Å². The first-order valence-corrected chi connectivity index (χ1v) is 10.6. The quantitative estimate of drug-likeness (QED) is 0.357. The summed E-state index contributed by atoms with van der Waals surface area (Å²) in [6.07, 6.45) is 4.05. The molecule has 0 aliphatic rings. The summed E-state index contributed by atoms with van der Waals surface area (Å²) in [6.45, 7) is 2.85. The first-order valence-electron chi connectivity index (χ1n) is 9.84. The number of halogens is 2. The molecule has 0 saturated carbocycles. The maximum Gasteiger partial charge on any atom is 0.255 e. The van der Waals surface area contributed by atoms with Gasteiger partial charge in [0.25, 0.3) is 5.56 Å². The number of oxazole rings is 1. The number of hydrogen-bond donors (Lipinski definition) is 1. The van der Waals surface area contributed by atoms with E-state index in [9.17, 15) is 4.79 Å². The van der Waals surface area contributed by atoms with E-state index in [1.165, 1.54) is 0 Å². The number of rotatable bonds is 7. The highest BCUT2D eigenvalue weighted by Gasteiger charge is 2.11. The van der Waals surface area contributed by atoms with Crippen LogP contribution in [0.1, 0.15) is 35.2 Å². The number of benzene rings is 2. The second-order valence-electron chi connectivity index (χ2n) is 6.98. The normalized spacial score (nSPS) is 11.6. The van der Waals surface area contributed by atoms with Crippen LogP contribution in [0.2, 0.25) is 10.0 Å². The van der Waals surface area contributed by atoms with E-state index in [0.29, 0.717) is 45.8 Å². The molecule has 4 rings (SSSR count). The lowest BCUT2D eigenvalue weighted by atomic mass is 10.1. The van der Waals surface area contributed by atoms with Gasteiger partial charge in [0, 0.05) is 17.3 Å². The van der Waals surface area contributed by atoms with Gasteiger partial charge >= 0.3 is 0 Å². The van der Waals surface area contributed by atoms with Crippen LogP contribution >= 0.6 is 23.2 Å². The zero-order chi connectivity index (χ0) is 21.8. The van der Waals surface area contributed by atoms with E-state index >= 15 is 0 Å². The Morgan fingerprint density at radius 3 is 2.58 bits per heavy atom. The molecule has 5 nitrogen and oxygen atoms in total. The molecule has 0 radical (unpaired) electrons. The number of nitrogens with zero attached hydrogens (tertiary/aromatic N) is 1. The van der Waals surface area contributed by atoms with Crippen molar-refractivity contribution < 1.29 is 9.15 Å². The van der Waals surface area contributed by atoms with Crippen molar-refractivity contribution in [2.45, 2.75) is 26.6 Å². The van der Waals surface area contributed by atoms with Crippen molar-refractivity contribution in [2.24, 2.45) is 0 Å². The van der Waals surface area contributed by atoms with Crippen molar-refractivity contribution in [2.75, 3.05) is 0 Å². The second-order valence-corrected chi connectivity index (χ2v) is 7.80. The molecule has 4 aromatic rings. The summed E-state index contributed by atoms with van der Waals surface area (Å²) in [5.74, 6) is 0.317. The van der Waals surface area contributed by atoms with E-state index in [1.54, 1.807) is 24.3 Å². The SMILES string of the molecule is CCc1cc(/C=C/c2nc3c(Cl)ccc(Cl)c3o2)c(=O)[nH]c1COCc1ccccc1. The average molecular weight is 455 g/mol. The number of aromatic amines is 1. The monoisotopic (exact) mass is 454 g/mol. The molecule has 31 heavy (non-hydrogen) atoms. The Morgan fingerprint density at radius 1 is 1.06 bits per heavy atom. The van der Waals surface area contributed by atoms with Crippen LogP contribution in [0.15, 0.2) is 57.7 Å². The third-order valence-corrected chi connectivity index (χ3v) is 5.45. The summed E-state index contributed by atoms with van der Waals surface area (Å²) in [7, 11) is 0. The van der Waals surface area contributed by atoms with Gasteiger partial charge in [-0.15, -0.1) is 0 Å². The first kappa shape index (κ1) is 21.4. The van der Waals surface area contributed by atoms with Gasteiger partial charge in [-0.2, -0.15) is 0 Å². The van der Waals surface area contributed by atoms with Gasteiger partial charge in [-0.1, -0.05) is 60.5 Å². The molecular formula is C24H20Cl2N2O3. The van der Waals surface area contributed by atoms with Gasteiger partial charge in [0.1, 0.15) is 5.52 Å². The molecule has 0 amide bonds. The minimum atomic E-state index is -0.209. The largest absolute Gasteiger partial charge is 0.435 e. The summed E-state index contributed by atoms with van der Waals surface area (Å²) in [6, 6.07) is 15.1. The maximum atomic E-state index is 12.6. The molecule has 158 valence electrons. The molecule has 2 aromatic heterocycles. The van der Waals surface area contributed by atoms with Crippen LogP contribution < -0.4 is 5.56 Å². The molecule has 0 aliphatic heterocycles. The molecule has 0 spiro atoms. The summed E-state index contributed by atoms with van der Waals surface area (Å²) < 4.78 is 11.5. The summed E-state index contributed by atoms with van der Waals surface area (Å²) in [5.41, 5.74) is 4.07. The molecule has 0 aliphatic carbocycles. The van der Waals surface area contributed by atoms with E-state index < -0.39 is 0 Å². The maximum absolute atomic E-state index is 12.6. The number of fused-ring (bicyclic) bond motifs is 1. The lowest BCUT2D eigenvalue weighted by Crippen LogP contribution is -2.15. The third kappa shape index (κ3) is 4.90. The van der Waals surface area contributed by atoms with Gasteiger partial charge in [-0.05, 0) is 41.8 Å². The van der Waals surface area contributed by atoms with Gasteiger partial charge in [0.15, 0.2) is 5.58 Å². The predicted octanol–water partition coefficient (Wildman–Crippen LogP) is 6.27. The average Bonchev–Trinajstić information content (AvgIpc) is 3.22. The fourth-order valence-corrected chi connectivity index (χ4v) is 3.62. The van der Waals surface area contributed by atoms with Crippen LogP contribution in [0.4, 0.5) is 0 Å². The fraction of sp³-hybridized carbons (Fsp3) is 0.167. The first-order chi connectivity index (χ1) is 15.0. The summed E-state index contributed by atoms with van der Waals surface area (Å²) in [5, 5.41) is 0.881. The minimum absolute atomic E-state index is 0.209. The summed E-state index contributed by atoms with van der Waals surface area (Å²) in [4.78, 5) is 19.9. The van der Waals surface area contributed by atoms with Gasteiger partial charge in [0.2, 0.25) is 5.89 Å². The van der Waals surface area contributed by atoms with E-state index in [4.69, 9.17) is 32.4 Å². The van der Waals surface area contributed by atoms with Crippen molar-refractivity contribution in [3.05, 3.63) is 97.2 Å². The van der Waals surface area contributed by atoms with Gasteiger partial charge in [0.05, 0.1) is 23.3 Å². The number of aryl methyl sites for hydroxylation is 1. The number of H-pyrrole nitrogens is 1. The molecule has 0 unspecified atom stereocenters. The van der Waals surface area contributed by atoms with Gasteiger partial charge < -0.3 is 14.1 Å². The van der Waals surface area contributed by atoms with Crippen molar-refractivity contribution in [3.63, 3.8) is 0 Å². The molecule has 0 bridgehead atoms. The molecule has 2 aromatic carbocycles. The number of aromatic nitrogens is 2. The van der Waals surface area contributed by atoms with Gasteiger partial charge in [-0.3, -0.25) is 4.79 Å². The van der Waals surface area contributed by atoms with Crippen molar-refractivity contribution in [1.82, 2.24) is 9.97 Å². The second kappa shape index (κ2) is 9.52. The minimum Gasteiger partial charge on any atom is -0.435 e. The summed E-state index contributed by atoms with van der Waals surface area (Å²) >= 11 is 12.3. The van der Waals surface area contributed by atoms with Gasteiger partial charge in [-0.25, -0.2) is 4.98 Å². The molecular weight excluding hydrogens is 435 g/mol. The van der Waals surface area contributed by atoms with Crippen LogP contribution in [0.3, 0.4) is 0 Å².